The third kappa shape index (κ3) is 5.55. The summed E-state index contributed by atoms with van der Waals surface area (Å²) in [4.78, 5) is 38.9. The molecule has 3 unspecified atom stereocenters. The van der Waals surface area contributed by atoms with E-state index >= 15 is 0 Å². The van der Waals surface area contributed by atoms with Crippen LogP contribution in [0.15, 0.2) is 0 Å². The molecular weight excluding hydrogens is 544 g/mol. The molecule has 6 fully saturated rings. The minimum atomic E-state index is -0.201. The van der Waals surface area contributed by atoms with Crippen LogP contribution < -0.4 is 0 Å². The summed E-state index contributed by atoms with van der Waals surface area (Å²) in [6.07, 6.45) is 12.1. The van der Waals surface area contributed by atoms with Crippen LogP contribution in [0.4, 0.5) is 0 Å². The lowest BCUT2D eigenvalue weighted by atomic mass is 9.44. The van der Waals surface area contributed by atoms with Gasteiger partial charge in [0, 0.05) is 64.6 Å². The Labute approximate surface area is 259 Å². The number of piperidine rings is 1. The Morgan fingerprint density at radius 2 is 1.42 bits per heavy atom. The van der Waals surface area contributed by atoms with Gasteiger partial charge in [-0.1, -0.05) is 13.8 Å². The molecule has 8 heteroatoms. The molecule has 0 aromatic heterocycles. The average molecular weight is 602 g/mol. The monoisotopic (exact) mass is 601 g/mol. The second kappa shape index (κ2) is 11.6. The van der Waals surface area contributed by atoms with Gasteiger partial charge in [0.1, 0.15) is 18.2 Å². The van der Waals surface area contributed by atoms with Crippen molar-refractivity contribution in [2.24, 2.45) is 34.5 Å². The van der Waals surface area contributed by atoms with Crippen LogP contribution >= 0.6 is 0 Å². The predicted molar refractivity (Wildman–Crippen MR) is 163 cm³/mol. The van der Waals surface area contributed by atoms with E-state index in [1.807, 2.05) is 0 Å². The van der Waals surface area contributed by atoms with Crippen LogP contribution in [-0.2, 0) is 28.6 Å². The maximum Gasteiger partial charge on any atom is 0.303 e. The first-order valence-corrected chi connectivity index (χ1v) is 17.4. The molecule has 2 aliphatic heterocycles. The molecule has 43 heavy (non-hydrogen) atoms. The maximum absolute atomic E-state index is 12.5. The topological polar surface area (TPSA) is 82.1 Å². The number of hydrogen-bond acceptors (Lipinski definition) is 7. The van der Waals surface area contributed by atoms with Crippen molar-refractivity contribution < 1.29 is 33.1 Å². The smallest absolute Gasteiger partial charge is 0.303 e. The Hall–Kier alpha value is -1.67. The van der Waals surface area contributed by atoms with Crippen molar-refractivity contribution in [1.82, 2.24) is 4.90 Å². The third-order valence-electron chi connectivity index (χ3n) is 13.9. The van der Waals surface area contributed by atoms with E-state index in [1.54, 1.807) is 13.8 Å². The number of hydrogen-bond donors (Lipinski definition) is 0. The summed E-state index contributed by atoms with van der Waals surface area (Å²) < 4.78 is 19.0. The standard InChI is InChI=1S/C35H57N2O6/c1-22(38)41-26-12-15-36(16-13-26)30-21-35(5)25(19-32(30)42-23(2)39)9-10-27-28(35)11-14-34(4)29(27)20-31(33(34)43-24(3)40)37(6)17-7-8-18-37/h25-33H,7-21H2,1-6H3/q+1/t25-,27?,28?,29?,30-,31-,32-,33-,34-,35-/m0/s1. The number of fused-ring (bicyclic) bond motifs is 5. The van der Waals surface area contributed by atoms with Gasteiger partial charge in [0.25, 0.3) is 0 Å². The minimum Gasteiger partial charge on any atom is -0.462 e. The number of rotatable bonds is 5. The normalized spacial score (nSPS) is 44.5. The van der Waals surface area contributed by atoms with Crippen molar-refractivity contribution in [1.29, 1.82) is 0 Å². The van der Waals surface area contributed by atoms with Gasteiger partial charge in [-0.3, -0.25) is 19.3 Å². The van der Waals surface area contributed by atoms with E-state index in [-0.39, 0.29) is 53.1 Å². The van der Waals surface area contributed by atoms with Crippen LogP contribution in [0.5, 0.6) is 0 Å². The number of nitrogens with zero attached hydrogens (tertiary/aromatic N) is 2. The number of likely N-dealkylation sites (tertiary alicyclic amines) is 2. The van der Waals surface area contributed by atoms with E-state index in [1.165, 1.54) is 58.5 Å². The number of carbonyl (C=O) groups excluding carboxylic acids is 3. The van der Waals surface area contributed by atoms with Gasteiger partial charge in [0.2, 0.25) is 0 Å². The molecule has 2 heterocycles. The highest BCUT2D eigenvalue weighted by Gasteiger charge is 2.67. The third-order valence-corrected chi connectivity index (χ3v) is 13.9. The molecule has 242 valence electrons. The average Bonchev–Trinajstić information content (AvgIpc) is 3.50. The fraction of sp³-hybridized carbons (Fsp3) is 0.914. The van der Waals surface area contributed by atoms with Crippen LogP contribution in [0.2, 0.25) is 0 Å². The lowest BCUT2D eigenvalue weighted by Crippen LogP contribution is -2.61. The van der Waals surface area contributed by atoms with E-state index in [0.29, 0.717) is 29.7 Å². The van der Waals surface area contributed by atoms with Gasteiger partial charge in [-0.05, 0) is 80.5 Å². The first kappa shape index (κ1) is 31.3. The Morgan fingerprint density at radius 3 is 2.05 bits per heavy atom. The Kier molecular flexibility index (Phi) is 8.45. The molecule has 6 rings (SSSR count). The summed E-state index contributed by atoms with van der Waals surface area (Å²) in [5, 5.41) is 0. The van der Waals surface area contributed by atoms with Gasteiger partial charge in [-0.15, -0.1) is 0 Å². The molecule has 2 saturated heterocycles. The maximum atomic E-state index is 12.5. The van der Waals surface area contributed by atoms with Crippen molar-refractivity contribution in [2.75, 3.05) is 33.2 Å². The highest BCUT2D eigenvalue weighted by Crippen LogP contribution is 2.67. The molecule has 10 atom stereocenters. The quantitative estimate of drug-likeness (QED) is 0.246. The minimum absolute atomic E-state index is 0.00977. The lowest BCUT2D eigenvalue weighted by Gasteiger charge is -2.62. The van der Waals surface area contributed by atoms with Crippen molar-refractivity contribution in [3.05, 3.63) is 0 Å². The molecular formula is C35H57N2O6+. The molecule has 4 saturated carbocycles. The highest BCUT2D eigenvalue weighted by molar-refractivity contribution is 5.67. The predicted octanol–water partition coefficient (Wildman–Crippen LogP) is 5.12. The number of carbonyl (C=O) groups is 3. The van der Waals surface area contributed by atoms with Gasteiger partial charge in [0.05, 0.1) is 20.1 Å². The first-order valence-electron chi connectivity index (χ1n) is 17.4. The number of ether oxygens (including phenoxy) is 3. The summed E-state index contributed by atoms with van der Waals surface area (Å²) >= 11 is 0. The second-order valence-corrected chi connectivity index (χ2v) is 16.2. The number of quaternary nitrogens is 1. The van der Waals surface area contributed by atoms with Crippen molar-refractivity contribution in [3.63, 3.8) is 0 Å². The summed E-state index contributed by atoms with van der Waals surface area (Å²) in [5.74, 6) is 1.93. The van der Waals surface area contributed by atoms with Crippen LogP contribution in [0.25, 0.3) is 0 Å². The van der Waals surface area contributed by atoms with Crippen molar-refractivity contribution >= 4 is 17.9 Å². The molecule has 0 radical (unpaired) electrons. The van der Waals surface area contributed by atoms with Gasteiger partial charge < -0.3 is 18.7 Å². The Morgan fingerprint density at radius 1 is 0.767 bits per heavy atom. The van der Waals surface area contributed by atoms with E-state index in [2.05, 4.69) is 25.8 Å². The van der Waals surface area contributed by atoms with Crippen LogP contribution in [0.3, 0.4) is 0 Å². The zero-order valence-corrected chi connectivity index (χ0v) is 27.6. The van der Waals surface area contributed by atoms with E-state index < -0.39 is 0 Å². The Bertz CT molecular complexity index is 1080. The van der Waals surface area contributed by atoms with Gasteiger partial charge >= 0.3 is 17.9 Å². The van der Waals surface area contributed by atoms with E-state index in [4.69, 9.17) is 14.2 Å². The molecule has 0 aromatic rings. The first-order chi connectivity index (χ1) is 20.3. The summed E-state index contributed by atoms with van der Waals surface area (Å²) in [6, 6.07) is 0.603. The Balaban J connectivity index is 1.25. The second-order valence-electron chi connectivity index (χ2n) is 16.2. The summed E-state index contributed by atoms with van der Waals surface area (Å²) in [5.41, 5.74) is 0.233. The molecule has 0 bridgehead atoms. The van der Waals surface area contributed by atoms with Crippen molar-refractivity contribution in [3.8, 4) is 0 Å². The molecule has 4 aliphatic carbocycles. The molecule has 0 spiro atoms. The fourth-order valence-corrected chi connectivity index (χ4v) is 11.9. The zero-order valence-electron chi connectivity index (χ0n) is 27.6. The van der Waals surface area contributed by atoms with Gasteiger partial charge in [0.15, 0.2) is 6.10 Å². The molecule has 0 amide bonds. The molecule has 0 N–H and O–H groups in total. The fourth-order valence-electron chi connectivity index (χ4n) is 11.9. The highest BCUT2D eigenvalue weighted by atomic mass is 16.6. The zero-order chi connectivity index (χ0) is 30.7. The lowest BCUT2D eigenvalue weighted by molar-refractivity contribution is -0.924. The van der Waals surface area contributed by atoms with E-state index in [0.717, 1.165) is 49.7 Å². The largest absolute Gasteiger partial charge is 0.462 e. The molecule has 6 aliphatic rings. The molecule has 0 aromatic carbocycles. The van der Waals surface area contributed by atoms with E-state index in [9.17, 15) is 14.4 Å². The van der Waals surface area contributed by atoms with Crippen LogP contribution in [-0.4, -0.2) is 90.9 Å². The van der Waals surface area contributed by atoms with Crippen LogP contribution in [0.1, 0.15) is 105 Å². The van der Waals surface area contributed by atoms with Gasteiger partial charge in [-0.25, -0.2) is 0 Å². The van der Waals surface area contributed by atoms with Gasteiger partial charge in [-0.2, -0.15) is 0 Å². The SMILES string of the molecule is CC(=O)OC1CCN([C@H]2C[C@]3(C)C4CC[C@@]5(C)C(C[C@H]([N+]6(C)CCCC6)[C@@H]5OC(C)=O)C4CC[C@H]3C[C@@H]2OC(C)=O)CC1. The van der Waals surface area contributed by atoms with Crippen molar-refractivity contribution in [2.45, 2.75) is 136 Å². The summed E-state index contributed by atoms with van der Waals surface area (Å²) in [7, 11) is 2.43. The van der Waals surface area contributed by atoms with Crippen LogP contribution in [0, 0.1) is 34.5 Å². The molecule has 8 nitrogen and oxygen atoms in total. The number of likely N-dealkylation sites (N-methyl/N-ethyl adjacent to an activating group) is 1. The number of esters is 3. The summed E-state index contributed by atoms with van der Waals surface area (Å²) in [6.45, 7) is 13.8.